The van der Waals surface area contributed by atoms with E-state index < -0.39 is 0 Å². The van der Waals surface area contributed by atoms with E-state index in [4.69, 9.17) is 17.3 Å². The minimum Gasteiger partial charge on any atom is -0.338 e. The second-order valence-electron chi connectivity index (χ2n) is 5.12. The van der Waals surface area contributed by atoms with Crippen LogP contribution in [-0.2, 0) is 0 Å². The van der Waals surface area contributed by atoms with Crippen molar-refractivity contribution in [3.8, 4) is 0 Å². The summed E-state index contributed by atoms with van der Waals surface area (Å²) in [7, 11) is 0. The molecule has 0 aromatic heterocycles. The Bertz CT molecular complexity index is 463. The van der Waals surface area contributed by atoms with Gasteiger partial charge in [0.2, 0.25) is 0 Å². The van der Waals surface area contributed by atoms with Crippen LogP contribution >= 0.6 is 24.0 Å². The number of amides is 1. The van der Waals surface area contributed by atoms with Gasteiger partial charge in [0.15, 0.2) is 0 Å². The van der Waals surface area contributed by atoms with Gasteiger partial charge in [-0.2, -0.15) is 0 Å². The molecule has 1 aliphatic rings. The maximum atomic E-state index is 12.3. The first kappa shape index (κ1) is 16.3. The Kier molecular flexibility index (Phi) is 5.65. The molecule has 1 heterocycles. The third-order valence-electron chi connectivity index (χ3n) is 3.66. The number of carbonyl (C=O) groups excluding carboxylic acids is 1. The first-order chi connectivity index (χ1) is 8.49. The summed E-state index contributed by atoms with van der Waals surface area (Å²) >= 11 is 5.97. The number of hydrogen-bond donors (Lipinski definition) is 1. The number of aryl methyl sites for hydroxylation is 1. The molecular weight excluding hydrogens is 283 g/mol. The van der Waals surface area contributed by atoms with Crippen molar-refractivity contribution in [2.24, 2.45) is 11.7 Å². The summed E-state index contributed by atoms with van der Waals surface area (Å²) in [6.45, 7) is 5.48. The number of likely N-dealkylation sites (tertiary alicyclic amines) is 1. The van der Waals surface area contributed by atoms with Crippen LogP contribution in [0.4, 0.5) is 0 Å². The first-order valence-electron chi connectivity index (χ1n) is 6.30. The van der Waals surface area contributed by atoms with Gasteiger partial charge >= 0.3 is 0 Å². The molecule has 106 valence electrons. The summed E-state index contributed by atoms with van der Waals surface area (Å²) in [6, 6.07) is 5.57. The zero-order valence-corrected chi connectivity index (χ0v) is 12.8. The van der Waals surface area contributed by atoms with Crippen molar-refractivity contribution in [2.45, 2.75) is 26.3 Å². The molecule has 2 N–H and O–H groups in total. The van der Waals surface area contributed by atoms with E-state index in [1.165, 1.54) is 0 Å². The van der Waals surface area contributed by atoms with E-state index in [2.05, 4.69) is 0 Å². The van der Waals surface area contributed by atoms with Crippen molar-refractivity contribution in [2.75, 3.05) is 13.1 Å². The first-order valence-corrected chi connectivity index (χ1v) is 6.68. The summed E-state index contributed by atoms with van der Waals surface area (Å²) in [5.74, 6) is 0.500. The number of benzene rings is 1. The number of halogens is 2. The van der Waals surface area contributed by atoms with Crippen LogP contribution in [0.3, 0.4) is 0 Å². The molecule has 0 saturated carbocycles. The molecule has 1 aromatic carbocycles. The van der Waals surface area contributed by atoms with Crippen molar-refractivity contribution in [3.05, 3.63) is 34.3 Å². The maximum absolute atomic E-state index is 12.3. The maximum Gasteiger partial charge on any atom is 0.253 e. The summed E-state index contributed by atoms with van der Waals surface area (Å²) in [4.78, 5) is 14.2. The van der Waals surface area contributed by atoms with Crippen molar-refractivity contribution in [1.82, 2.24) is 4.90 Å². The van der Waals surface area contributed by atoms with Crippen LogP contribution in [0.2, 0.25) is 5.02 Å². The van der Waals surface area contributed by atoms with E-state index in [0.29, 0.717) is 16.5 Å². The third-order valence-corrected chi connectivity index (χ3v) is 4.08. The van der Waals surface area contributed by atoms with E-state index in [9.17, 15) is 4.79 Å². The van der Waals surface area contributed by atoms with E-state index in [0.717, 1.165) is 25.1 Å². The van der Waals surface area contributed by atoms with Gasteiger partial charge in [-0.25, -0.2) is 0 Å². The van der Waals surface area contributed by atoms with Crippen LogP contribution < -0.4 is 5.73 Å². The predicted molar refractivity (Wildman–Crippen MR) is 81.1 cm³/mol. The topological polar surface area (TPSA) is 46.3 Å². The van der Waals surface area contributed by atoms with Crippen LogP contribution in [0.1, 0.15) is 29.3 Å². The molecule has 1 fully saturated rings. The number of nitrogens with two attached hydrogens (primary N) is 1. The normalized spacial score (nSPS) is 20.0. The Balaban J connectivity index is 0.00000180. The second kappa shape index (κ2) is 6.60. The van der Waals surface area contributed by atoms with Crippen LogP contribution in [0.5, 0.6) is 0 Å². The fourth-order valence-corrected chi connectivity index (χ4v) is 2.48. The Morgan fingerprint density at radius 2 is 2.21 bits per heavy atom. The zero-order valence-electron chi connectivity index (χ0n) is 11.2. The van der Waals surface area contributed by atoms with Gasteiger partial charge in [-0.15, -0.1) is 12.4 Å². The average molecular weight is 303 g/mol. The Labute approximate surface area is 125 Å². The van der Waals surface area contributed by atoms with Crippen molar-refractivity contribution in [3.63, 3.8) is 0 Å². The molecule has 1 aromatic rings. The quantitative estimate of drug-likeness (QED) is 0.913. The van der Waals surface area contributed by atoms with E-state index >= 15 is 0 Å². The van der Waals surface area contributed by atoms with Gasteiger partial charge < -0.3 is 10.6 Å². The SMILES string of the molecule is Cc1cc(C(=O)N2CCC(C(C)N)C2)ccc1Cl.Cl. The van der Waals surface area contributed by atoms with Gasteiger partial charge in [-0.05, 0) is 49.9 Å². The number of rotatable bonds is 2. The van der Waals surface area contributed by atoms with Crippen molar-refractivity contribution < 1.29 is 4.79 Å². The molecule has 0 spiro atoms. The largest absolute Gasteiger partial charge is 0.338 e. The standard InChI is InChI=1S/C14H19ClN2O.ClH/c1-9-7-11(3-4-13(9)15)14(18)17-6-5-12(8-17)10(2)16;/h3-4,7,10,12H,5-6,8,16H2,1-2H3;1H. The van der Waals surface area contributed by atoms with Gasteiger partial charge in [0, 0.05) is 29.7 Å². The number of hydrogen-bond acceptors (Lipinski definition) is 2. The molecule has 2 unspecified atom stereocenters. The van der Waals surface area contributed by atoms with Gasteiger partial charge in [0.25, 0.3) is 5.91 Å². The molecule has 5 heteroatoms. The lowest BCUT2D eigenvalue weighted by atomic mass is 10.0. The lowest BCUT2D eigenvalue weighted by Gasteiger charge is -2.18. The Morgan fingerprint density at radius 3 is 2.74 bits per heavy atom. The summed E-state index contributed by atoms with van der Waals surface area (Å²) in [5, 5.41) is 0.696. The molecule has 3 nitrogen and oxygen atoms in total. The van der Waals surface area contributed by atoms with Crippen molar-refractivity contribution >= 4 is 29.9 Å². The molecule has 2 rings (SSSR count). The molecule has 2 atom stereocenters. The molecule has 1 aliphatic heterocycles. The predicted octanol–water partition coefficient (Wildman–Crippen LogP) is 2.88. The molecule has 0 aliphatic carbocycles. The smallest absolute Gasteiger partial charge is 0.253 e. The van der Waals surface area contributed by atoms with E-state index in [-0.39, 0.29) is 24.4 Å². The average Bonchev–Trinajstić information content (AvgIpc) is 2.81. The third kappa shape index (κ3) is 3.62. The highest BCUT2D eigenvalue weighted by atomic mass is 35.5. The van der Waals surface area contributed by atoms with Crippen LogP contribution in [0.25, 0.3) is 0 Å². The number of carbonyl (C=O) groups is 1. The lowest BCUT2D eigenvalue weighted by molar-refractivity contribution is 0.0786. The summed E-state index contributed by atoms with van der Waals surface area (Å²) in [6.07, 6.45) is 0.996. The monoisotopic (exact) mass is 302 g/mol. The lowest BCUT2D eigenvalue weighted by Crippen LogP contribution is -2.33. The molecular formula is C14H20Cl2N2O. The van der Waals surface area contributed by atoms with Gasteiger partial charge in [0.1, 0.15) is 0 Å². The van der Waals surface area contributed by atoms with Gasteiger partial charge in [-0.1, -0.05) is 11.6 Å². The van der Waals surface area contributed by atoms with Crippen LogP contribution in [0, 0.1) is 12.8 Å². The van der Waals surface area contributed by atoms with Gasteiger partial charge in [0.05, 0.1) is 0 Å². The minimum absolute atomic E-state index is 0. The zero-order chi connectivity index (χ0) is 13.3. The molecule has 1 saturated heterocycles. The van der Waals surface area contributed by atoms with Crippen molar-refractivity contribution in [1.29, 1.82) is 0 Å². The molecule has 0 bridgehead atoms. The Morgan fingerprint density at radius 1 is 1.53 bits per heavy atom. The fourth-order valence-electron chi connectivity index (χ4n) is 2.36. The molecule has 19 heavy (non-hydrogen) atoms. The minimum atomic E-state index is 0. The summed E-state index contributed by atoms with van der Waals surface area (Å²) < 4.78 is 0. The van der Waals surface area contributed by atoms with Gasteiger partial charge in [-0.3, -0.25) is 4.79 Å². The number of nitrogens with zero attached hydrogens (tertiary/aromatic N) is 1. The Hall–Kier alpha value is -0.770. The highest BCUT2D eigenvalue weighted by molar-refractivity contribution is 6.31. The highest BCUT2D eigenvalue weighted by Gasteiger charge is 2.28. The summed E-state index contributed by atoms with van der Waals surface area (Å²) in [5.41, 5.74) is 7.53. The second-order valence-corrected chi connectivity index (χ2v) is 5.53. The molecule has 0 radical (unpaired) electrons. The van der Waals surface area contributed by atoms with Crippen LogP contribution in [0.15, 0.2) is 18.2 Å². The fraction of sp³-hybridized carbons (Fsp3) is 0.500. The van der Waals surface area contributed by atoms with E-state index in [1.807, 2.05) is 24.8 Å². The van der Waals surface area contributed by atoms with Crippen LogP contribution in [-0.4, -0.2) is 29.9 Å². The molecule has 1 amide bonds. The highest BCUT2D eigenvalue weighted by Crippen LogP contribution is 2.22. The van der Waals surface area contributed by atoms with E-state index in [1.54, 1.807) is 12.1 Å².